The first-order chi connectivity index (χ1) is 5.79. The van der Waals surface area contributed by atoms with Gasteiger partial charge in [-0.1, -0.05) is 11.6 Å². The maximum absolute atomic E-state index is 13.0. The summed E-state index contributed by atoms with van der Waals surface area (Å²) in [5.41, 5.74) is 0.199. The Balaban J connectivity index is 2.95. The summed E-state index contributed by atoms with van der Waals surface area (Å²) in [5.74, 6) is -0.489. The average molecular weight is 184 g/mol. The zero-order valence-corrected chi connectivity index (χ0v) is 6.59. The zero-order chi connectivity index (χ0) is 8.55. The van der Waals surface area contributed by atoms with Crippen molar-refractivity contribution in [2.75, 3.05) is 0 Å². The van der Waals surface area contributed by atoms with E-state index in [0.717, 1.165) is 6.20 Å². The predicted octanol–water partition coefficient (Wildman–Crippen LogP) is 1.82. The summed E-state index contributed by atoms with van der Waals surface area (Å²) in [5, 5.41) is 0.645. The number of fused-ring (bicyclic) bond motifs is 1. The molecule has 0 N–H and O–H groups in total. The Morgan fingerprint density at radius 2 is 2.08 bits per heavy atom. The second-order valence-corrected chi connectivity index (χ2v) is 2.54. The highest BCUT2D eigenvalue weighted by molar-refractivity contribution is 6.33. The fraction of sp³-hybridized carbons (Fsp3) is 0. The van der Waals surface area contributed by atoms with Crippen molar-refractivity contribution in [3.63, 3.8) is 0 Å². The monoisotopic (exact) mass is 183 g/mol. The van der Waals surface area contributed by atoms with Crippen LogP contribution in [0.5, 0.6) is 0 Å². The van der Waals surface area contributed by atoms with Gasteiger partial charge in [0.15, 0.2) is 5.82 Å². The topological polar surface area (TPSA) is 38.7 Å². The number of pyridine rings is 1. The van der Waals surface area contributed by atoms with E-state index in [9.17, 15) is 4.39 Å². The van der Waals surface area contributed by atoms with Gasteiger partial charge in [0.25, 0.3) is 0 Å². The number of rotatable bonds is 0. The number of halogens is 2. The molecule has 0 aliphatic rings. The molecule has 0 unspecified atom stereocenters. The molecular weight excluding hydrogens is 181 g/mol. The van der Waals surface area contributed by atoms with Crippen molar-refractivity contribution in [2.45, 2.75) is 0 Å². The van der Waals surface area contributed by atoms with E-state index in [1.165, 1.54) is 12.5 Å². The SMILES string of the molecule is Fc1cnc(Cl)c2cncnc12. The van der Waals surface area contributed by atoms with Crippen molar-refractivity contribution in [3.8, 4) is 0 Å². The molecule has 3 nitrogen and oxygen atoms in total. The molecule has 2 aromatic heterocycles. The molecule has 0 saturated heterocycles. The van der Waals surface area contributed by atoms with Crippen LogP contribution in [-0.2, 0) is 0 Å². The Kier molecular flexibility index (Phi) is 1.62. The van der Waals surface area contributed by atoms with Crippen LogP contribution < -0.4 is 0 Å². The van der Waals surface area contributed by atoms with Crippen molar-refractivity contribution in [1.29, 1.82) is 0 Å². The van der Waals surface area contributed by atoms with Crippen molar-refractivity contribution < 1.29 is 4.39 Å². The predicted molar refractivity (Wildman–Crippen MR) is 42.3 cm³/mol. The summed E-state index contributed by atoms with van der Waals surface area (Å²) in [6.45, 7) is 0. The first kappa shape index (κ1) is 7.36. The zero-order valence-electron chi connectivity index (χ0n) is 5.83. The van der Waals surface area contributed by atoms with Gasteiger partial charge in [-0.2, -0.15) is 0 Å². The lowest BCUT2D eigenvalue weighted by atomic mass is 10.3. The van der Waals surface area contributed by atoms with Crippen LogP contribution in [0.1, 0.15) is 0 Å². The number of nitrogens with zero attached hydrogens (tertiary/aromatic N) is 3. The third-order valence-corrected chi connectivity index (χ3v) is 1.75. The van der Waals surface area contributed by atoms with E-state index in [4.69, 9.17) is 11.6 Å². The van der Waals surface area contributed by atoms with Crippen LogP contribution in [0.4, 0.5) is 4.39 Å². The van der Waals surface area contributed by atoms with Crippen molar-refractivity contribution in [1.82, 2.24) is 15.0 Å². The molecule has 2 aromatic rings. The highest BCUT2D eigenvalue weighted by atomic mass is 35.5. The second kappa shape index (κ2) is 2.64. The van der Waals surface area contributed by atoms with E-state index < -0.39 is 5.82 Å². The first-order valence-corrected chi connectivity index (χ1v) is 3.56. The Labute approximate surface area is 72.2 Å². The van der Waals surface area contributed by atoms with E-state index in [2.05, 4.69) is 15.0 Å². The van der Waals surface area contributed by atoms with E-state index in [1.54, 1.807) is 0 Å². The fourth-order valence-corrected chi connectivity index (χ4v) is 1.10. The van der Waals surface area contributed by atoms with Gasteiger partial charge >= 0.3 is 0 Å². The molecule has 0 aliphatic heterocycles. The van der Waals surface area contributed by atoms with Gasteiger partial charge in [0.2, 0.25) is 0 Å². The summed E-state index contributed by atoms with van der Waals surface area (Å²) in [4.78, 5) is 11.1. The lowest BCUT2D eigenvalue weighted by Crippen LogP contribution is -1.88. The van der Waals surface area contributed by atoms with E-state index in [-0.39, 0.29) is 10.7 Å². The molecular formula is C7H3ClFN3. The average Bonchev–Trinajstić information content (AvgIpc) is 2.12. The Morgan fingerprint density at radius 1 is 1.25 bits per heavy atom. The molecule has 5 heteroatoms. The van der Waals surface area contributed by atoms with Gasteiger partial charge in [0, 0.05) is 6.20 Å². The lowest BCUT2D eigenvalue weighted by Gasteiger charge is -1.97. The van der Waals surface area contributed by atoms with Gasteiger partial charge in [0.05, 0.1) is 11.6 Å². The molecule has 0 bridgehead atoms. The van der Waals surface area contributed by atoms with Gasteiger partial charge in [-0.15, -0.1) is 0 Å². The summed E-state index contributed by atoms with van der Waals surface area (Å²) in [7, 11) is 0. The third-order valence-electron chi connectivity index (χ3n) is 1.45. The highest BCUT2D eigenvalue weighted by Gasteiger charge is 2.05. The summed E-state index contributed by atoms with van der Waals surface area (Å²) in [6, 6.07) is 0. The molecule has 0 amide bonds. The van der Waals surface area contributed by atoms with Gasteiger partial charge in [-0.3, -0.25) is 0 Å². The molecule has 0 radical (unpaired) electrons. The molecule has 60 valence electrons. The summed E-state index contributed by atoms with van der Waals surface area (Å²) < 4.78 is 13.0. The largest absolute Gasteiger partial charge is 0.244 e. The van der Waals surface area contributed by atoms with E-state index in [0.29, 0.717) is 5.39 Å². The quantitative estimate of drug-likeness (QED) is 0.585. The van der Waals surface area contributed by atoms with Gasteiger partial charge in [-0.05, 0) is 0 Å². The molecule has 0 saturated carbocycles. The second-order valence-electron chi connectivity index (χ2n) is 2.18. The summed E-state index contributed by atoms with van der Waals surface area (Å²) in [6.07, 6.45) is 3.74. The van der Waals surface area contributed by atoms with E-state index >= 15 is 0 Å². The number of hydrogen-bond acceptors (Lipinski definition) is 3. The minimum Gasteiger partial charge on any atom is -0.244 e. The van der Waals surface area contributed by atoms with Crippen LogP contribution in [0.15, 0.2) is 18.7 Å². The Hall–Kier alpha value is -1.29. The van der Waals surface area contributed by atoms with Crippen LogP contribution in [0.3, 0.4) is 0 Å². The molecule has 0 fully saturated rings. The maximum atomic E-state index is 13.0. The van der Waals surface area contributed by atoms with Crippen LogP contribution in [0.25, 0.3) is 10.9 Å². The molecule has 0 aromatic carbocycles. The Bertz CT molecular complexity index is 391. The van der Waals surface area contributed by atoms with Crippen molar-refractivity contribution in [2.24, 2.45) is 0 Å². The maximum Gasteiger partial charge on any atom is 0.167 e. The Morgan fingerprint density at radius 3 is 2.83 bits per heavy atom. The van der Waals surface area contributed by atoms with Gasteiger partial charge in [-0.25, -0.2) is 19.3 Å². The molecule has 2 rings (SSSR count). The van der Waals surface area contributed by atoms with Crippen molar-refractivity contribution >= 4 is 22.5 Å². The first-order valence-electron chi connectivity index (χ1n) is 3.19. The minimum atomic E-state index is -0.489. The molecule has 0 aliphatic carbocycles. The van der Waals surface area contributed by atoms with Gasteiger partial charge < -0.3 is 0 Å². The standard InChI is InChI=1S/C7H3ClFN3/c8-7-4-1-10-3-12-6(4)5(9)2-11-7/h1-3H. The van der Waals surface area contributed by atoms with E-state index in [1.807, 2.05) is 0 Å². The van der Waals surface area contributed by atoms with Crippen LogP contribution in [0.2, 0.25) is 5.15 Å². The smallest absolute Gasteiger partial charge is 0.167 e. The lowest BCUT2D eigenvalue weighted by molar-refractivity contribution is 0.630. The van der Waals surface area contributed by atoms with Crippen LogP contribution >= 0.6 is 11.6 Å². The highest BCUT2D eigenvalue weighted by Crippen LogP contribution is 2.19. The molecule has 2 heterocycles. The van der Waals surface area contributed by atoms with Crippen molar-refractivity contribution in [3.05, 3.63) is 29.7 Å². The molecule has 0 spiro atoms. The number of aromatic nitrogens is 3. The summed E-state index contributed by atoms with van der Waals surface area (Å²) >= 11 is 5.67. The molecule has 12 heavy (non-hydrogen) atoms. The molecule has 0 atom stereocenters. The van der Waals surface area contributed by atoms with Crippen LogP contribution in [0, 0.1) is 5.82 Å². The minimum absolute atomic E-state index is 0.199. The normalized spacial score (nSPS) is 10.5. The fourth-order valence-electron chi connectivity index (χ4n) is 0.915. The third kappa shape index (κ3) is 1.00. The van der Waals surface area contributed by atoms with Gasteiger partial charge in [0.1, 0.15) is 17.0 Å². The van der Waals surface area contributed by atoms with Crippen LogP contribution in [-0.4, -0.2) is 15.0 Å². The number of hydrogen-bond donors (Lipinski definition) is 0.